The Morgan fingerprint density at radius 1 is 1.26 bits per heavy atom. The molecule has 0 aliphatic carbocycles. The van der Waals surface area contributed by atoms with Gasteiger partial charge in [-0.3, -0.25) is 4.79 Å². The van der Waals surface area contributed by atoms with E-state index in [0.717, 1.165) is 5.56 Å². The van der Waals surface area contributed by atoms with Crippen LogP contribution in [0.1, 0.15) is 15.9 Å². The maximum absolute atomic E-state index is 13.1. The summed E-state index contributed by atoms with van der Waals surface area (Å²) < 4.78 is 13.4. The van der Waals surface area contributed by atoms with Crippen LogP contribution in [0.15, 0.2) is 40.9 Å². The van der Waals surface area contributed by atoms with Crippen molar-refractivity contribution in [1.82, 2.24) is 0 Å². The summed E-state index contributed by atoms with van der Waals surface area (Å²) >= 11 is 8.90. The summed E-state index contributed by atoms with van der Waals surface area (Å²) in [4.78, 5) is 12.0. The van der Waals surface area contributed by atoms with Crippen molar-refractivity contribution in [2.45, 2.75) is 6.92 Å². The first-order valence-corrected chi connectivity index (χ1v) is 6.67. The molecule has 98 valence electrons. The number of carbonyl (C=O) groups excluding carboxylic acids is 1. The van der Waals surface area contributed by atoms with Crippen LogP contribution in [0.3, 0.4) is 0 Å². The fourth-order valence-corrected chi connectivity index (χ4v) is 2.20. The quantitative estimate of drug-likeness (QED) is 0.834. The summed E-state index contributed by atoms with van der Waals surface area (Å²) in [5.41, 5.74) is 1.92. The molecule has 0 saturated carbocycles. The molecule has 2 aromatic carbocycles. The van der Waals surface area contributed by atoms with Gasteiger partial charge in [-0.1, -0.05) is 11.6 Å². The van der Waals surface area contributed by atoms with Crippen molar-refractivity contribution in [2.75, 3.05) is 5.32 Å². The molecule has 0 spiro atoms. The lowest BCUT2D eigenvalue weighted by atomic mass is 10.1. The van der Waals surface area contributed by atoms with E-state index >= 15 is 0 Å². The summed E-state index contributed by atoms with van der Waals surface area (Å²) in [7, 11) is 0. The molecule has 0 unspecified atom stereocenters. The average Bonchev–Trinajstić information content (AvgIpc) is 2.36. The second-order valence-corrected chi connectivity index (χ2v) is 5.33. The first-order valence-electron chi connectivity index (χ1n) is 5.50. The molecule has 5 heteroatoms. The van der Waals surface area contributed by atoms with Crippen molar-refractivity contribution in [3.63, 3.8) is 0 Å². The summed E-state index contributed by atoms with van der Waals surface area (Å²) in [5.74, 6) is -0.703. The molecule has 0 saturated heterocycles. The lowest BCUT2D eigenvalue weighted by molar-refractivity contribution is 0.102. The minimum atomic E-state index is -0.403. The maximum atomic E-state index is 13.1. The van der Waals surface area contributed by atoms with E-state index in [-0.39, 0.29) is 10.4 Å². The summed E-state index contributed by atoms with van der Waals surface area (Å²) in [5, 5.41) is 3.37. The van der Waals surface area contributed by atoms with E-state index in [1.165, 1.54) is 18.2 Å². The van der Waals surface area contributed by atoms with Gasteiger partial charge in [-0.05, 0) is 64.8 Å². The molecular formula is C14H10BrClFNO. The minimum absolute atomic E-state index is 0.257. The van der Waals surface area contributed by atoms with Gasteiger partial charge in [0.15, 0.2) is 0 Å². The Labute approximate surface area is 123 Å². The van der Waals surface area contributed by atoms with E-state index in [1.807, 2.05) is 6.92 Å². The van der Waals surface area contributed by atoms with Crippen LogP contribution < -0.4 is 5.32 Å². The van der Waals surface area contributed by atoms with Gasteiger partial charge in [-0.2, -0.15) is 0 Å². The monoisotopic (exact) mass is 341 g/mol. The number of carbonyl (C=O) groups is 1. The lowest BCUT2D eigenvalue weighted by Crippen LogP contribution is -2.12. The predicted octanol–water partition coefficient (Wildman–Crippen LogP) is 4.80. The van der Waals surface area contributed by atoms with Gasteiger partial charge in [-0.15, -0.1) is 0 Å². The summed E-state index contributed by atoms with van der Waals surface area (Å²) in [6, 6.07) is 9.31. The molecule has 2 rings (SSSR count). The van der Waals surface area contributed by atoms with Crippen LogP contribution in [0.5, 0.6) is 0 Å². The number of hydrogen-bond acceptors (Lipinski definition) is 1. The second kappa shape index (κ2) is 5.72. The molecule has 2 aromatic rings. The highest BCUT2D eigenvalue weighted by Crippen LogP contribution is 2.21. The van der Waals surface area contributed by atoms with Crippen LogP contribution >= 0.6 is 27.5 Å². The minimum Gasteiger partial charge on any atom is -0.322 e. The normalized spacial score (nSPS) is 10.3. The average molecular weight is 343 g/mol. The number of benzene rings is 2. The van der Waals surface area contributed by atoms with E-state index in [0.29, 0.717) is 16.3 Å². The molecule has 0 aliphatic heterocycles. The number of halogens is 3. The molecule has 0 aliphatic rings. The van der Waals surface area contributed by atoms with Crippen molar-refractivity contribution in [1.29, 1.82) is 0 Å². The highest BCUT2D eigenvalue weighted by atomic mass is 79.9. The molecule has 0 heterocycles. The van der Waals surface area contributed by atoms with Crippen LogP contribution in [0.25, 0.3) is 0 Å². The van der Waals surface area contributed by atoms with E-state index < -0.39 is 5.82 Å². The molecular weight excluding hydrogens is 333 g/mol. The molecule has 0 radical (unpaired) electrons. The van der Waals surface area contributed by atoms with Gasteiger partial charge in [0, 0.05) is 16.3 Å². The van der Waals surface area contributed by atoms with Crippen LogP contribution in [-0.4, -0.2) is 5.91 Å². The third kappa shape index (κ3) is 3.33. The van der Waals surface area contributed by atoms with Gasteiger partial charge in [0.25, 0.3) is 5.91 Å². The molecule has 1 amide bonds. The Balaban J connectivity index is 2.23. The first kappa shape index (κ1) is 14.0. The maximum Gasteiger partial charge on any atom is 0.255 e. The van der Waals surface area contributed by atoms with Gasteiger partial charge in [0.2, 0.25) is 0 Å². The topological polar surface area (TPSA) is 29.1 Å². The van der Waals surface area contributed by atoms with Crippen LogP contribution in [0.2, 0.25) is 5.02 Å². The van der Waals surface area contributed by atoms with Crippen LogP contribution in [-0.2, 0) is 0 Å². The van der Waals surface area contributed by atoms with Gasteiger partial charge in [-0.25, -0.2) is 4.39 Å². The lowest BCUT2D eigenvalue weighted by Gasteiger charge is -2.09. The zero-order valence-electron chi connectivity index (χ0n) is 10.0. The molecule has 19 heavy (non-hydrogen) atoms. The zero-order valence-corrected chi connectivity index (χ0v) is 12.3. The van der Waals surface area contributed by atoms with Crippen molar-refractivity contribution in [3.05, 3.63) is 62.8 Å². The standard InChI is InChI=1S/C14H10BrClFNO/c1-8-6-10(16)3-5-13(8)18-14(19)9-2-4-12(17)11(15)7-9/h2-7H,1H3,(H,18,19). The zero-order chi connectivity index (χ0) is 14.0. The van der Waals surface area contributed by atoms with Crippen molar-refractivity contribution >= 4 is 39.1 Å². The van der Waals surface area contributed by atoms with Crippen LogP contribution in [0.4, 0.5) is 10.1 Å². The highest BCUT2D eigenvalue weighted by Gasteiger charge is 2.10. The third-order valence-corrected chi connectivity index (χ3v) is 3.46. The number of nitrogens with one attached hydrogen (secondary N) is 1. The number of rotatable bonds is 2. The van der Waals surface area contributed by atoms with Gasteiger partial charge < -0.3 is 5.32 Å². The molecule has 2 nitrogen and oxygen atoms in total. The Bertz CT molecular complexity index is 645. The summed E-state index contributed by atoms with van der Waals surface area (Å²) in [6.45, 7) is 1.85. The SMILES string of the molecule is Cc1cc(Cl)ccc1NC(=O)c1ccc(F)c(Br)c1. The van der Waals surface area contributed by atoms with Crippen molar-refractivity contribution < 1.29 is 9.18 Å². The van der Waals surface area contributed by atoms with Gasteiger partial charge >= 0.3 is 0 Å². The smallest absolute Gasteiger partial charge is 0.255 e. The number of aryl methyl sites for hydroxylation is 1. The largest absolute Gasteiger partial charge is 0.322 e. The van der Waals surface area contributed by atoms with E-state index in [1.54, 1.807) is 18.2 Å². The Kier molecular flexibility index (Phi) is 4.22. The molecule has 0 aromatic heterocycles. The highest BCUT2D eigenvalue weighted by molar-refractivity contribution is 9.10. The molecule has 0 atom stereocenters. The van der Waals surface area contributed by atoms with E-state index in [9.17, 15) is 9.18 Å². The number of amides is 1. The molecule has 1 N–H and O–H groups in total. The van der Waals surface area contributed by atoms with Gasteiger partial charge in [0.1, 0.15) is 5.82 Å². The van der Waals surface area contributed by atoms with E-state index in [2.05, 4.69) is 21.2 Å². The Morgan fingerprint density at radius 3 is 2.63 bits per heavy atom. The van der Waals surface area contributed by atoms with E-state index in [4.69, 9.17) is 11.6 Å². The predicted molar refractivity (Wildman–Crippen MR) is 78.2 cm³/mol. The van der Waals surface area contributed by atoms with Crippen molar-refractivity contribution in [2.24, 2.45) is 0 Å². The van der Waals surface area contributed by atoms with Gasteiger partial charge in [0.05, 0.1) is 4.47 Å². The van der Waals surface area contributed by atoms with Crippen molar-refractivity contribution in [3.8, 4) is 0 Å². The Morgan fingerprint density at radius 2 is 2.00 bits per heavy atom. The second-order valence-electron chi connectivity index (χ2n) is 4.04. The van der Waals surface area contributed by atoms with Crippen LogP contribution in [0, 0.1) is 12.7 Å². The Hall–Kier alpha value is -1.39. The third-order valence-electron chi connectivity index (χ3n) is 2.62. The molecule has 0 bridgehead atoms. The number of anilines is 1. The fourth-order valence-electron chi connectivity index (χ4n) is 1.60. The first-order chi connectivity index (χ1) is 8.97. The number of hydrogen-bond donors (Lipinski definition) is 1. The fraction of sp³-hybridized carbons (Fsp3) is 0.0714. The molecule has 0 fully saturated rings. The summed E-state index contributed by atoms with van der Waals surface area (Å²) in [6.07, 6.45) is 0.